The molecule has 1 amide bonds. The molecule has 43 heavy (non-hydrogen) atoms. The van der Waals surface area contributed by atoms with E-state index < -0.39 is 53.5 Å². The lowest BCUT2D eigenvalue weighted by atomic mass is 9.95. The number of carboxylic acids is 1. The van der Waals surface area contributed by atoms with Crippen LogP contribution >= 0.6 is 0 Å². The molecule has 2 aromatic rings. The van der Waals surface area contributed by atoms with E-state index in [1.165, 1.54) is 13.3 Å². The third-order valence-electron chi connectivity index (χ3n) is 7.87. The van der Waals surface area contributed by atoms with Crippen molar-refractivity contribution in [2.45, 2.75) is 75.6 Å². The first-order valence-electron chi connectivity index (χ1n) is 14.5. The van der Waals surface area contributed by atoms with E-state index in [1.807, 2.05) is 18.0 Å². The highest BCUT2D eigenvalue weighted by molar-refractivity contribution is 5.93. The number of aliphatic carboxylic acids is 1. The number of amides is 1. The number of aromatic nitrogens is 2. The zero-order valence-corrected chi connectivity index (χ0v) is 24.8. The number of carboxylic acid groups (broad SMARTS) is 1. The Morgan fingerprint density at radius 2 is 1.93 bits per heavy atom. The highest BCUT2D eigenvalue weighted by Gasteiger charge is 2.56. The van der Waals surface area contributed by atoms with E-state index in [4.69, 9.17) is 4.74 Å². The zero-order chi connectivity index (χ0) is 31.6. The summed E-state index contributed by atoms with van der Waals surface area (Å²) < 4.78 is 59.5. The van der Waals surface area contributed by atoms with Gasteiger partial charge in [0.2, 0.25) is 5.91 Å². The van der Waals surface area contributed by atoms with E-state index in [9.17, 15) is 32.3 Å². The van der Waals surface area contributed by atoms with Gasteiger partial charge in [0, 0.05) is 39.1 Å². The van der Waals surface area contributed by atoms with Crippen molar-refractivity contribution in [2.24, 2.45) is 0 Å². The number of anilines is 1. The predicted molar refractivity (Wildman–Crippen MR) is 154 cm³/mol. The summed E-state index contributed by atoms with van der Waals surface area (Å²) in [7, 11) is 3.23. The van der Waals surface area contributed by atoms with Crippen molar-refractivity contribution in [1.82, 2.24) is 20.2 Å². The van der Waals surface area contributed by atoms with Crippen LogP contribution in [0.2, 0.25) is 0 Å². The van der Waals surface area contributed by atoms with Gasteiger partial charge in [-0.2, -0.15) is 13.2 Å². The maximum Gasteiger partial charge on any atom is 0.418 e. The second kappa shape index (κ2) is 15.4. The first-order valence-corrected chi connectivity index (χ1v) is 14.5. The first-order chi connectivity index (χ1) is 20.5. The highest BCUT2D eigenvalue weighted by atomic mass is 19.4. The number of carbonyl (C=O) groups excluding carboxylic acids is 1. The molecule has 0 saturated heterocycles. The predicted octanol–water partition coefficient (Wildman–Crippen LogP) is 4.40. The second-order valence-electron chi connectivity index (χ2n) is 10.8. The number of ether oxygens (including phenoxy) is 1. The van der Waals surface area contributed by atoms with Crippen molar-refractivity contribution in [3.8, 4) is 0 Å². The maximum absolute atomic E-state index is 13.6. The molecule has 2 heterocycles. The average Bonchev–Trinajstić information content (AvgIpc) is 3.81. The van der Waals surface area contributed by atoms with Crippen molar-refractivity contribution in [3.05, 3.63) is 53.0 Å². The van der Waals surface area contributed by atoms with Crippen molar-refractivity contribution in [2.75, 3.05) is 45.8 Å². The number of rotatable bonds is 18. The monoisotopic (exact) mass is 611 g/mol. The Morgan fingerprint density at radius 1 is 1.19 bits per heavy atom. The van der Waals surface area contributed by atoms with Gasteiger partial charge in [-0.3, -0.25) is 9.78 Å². The molecule has 3 N–H and O–H groups in total. The van der Waals surface area contributed by atoms with Gasteiger partial charge in [0.05, 0.1) is 22.8 Å². The largest absolute Gasteiger partial charge is 0.480 e. The topological polar surface area (TPSA) is 117 Å². The fourth-order valence-corrected chi connectivity index (χ4v) is 5.16. The first kappa shape index (κ1) is 34.2. The fraction of sp³-hybridized carbons (Fsp3) is 0.600. The number of hydrogen-bond donors (Lipinski definition) is 3. The lowest BCUT2D eigenvalue weighted by Crippen LogP contribution is -2.48. The molecule has 0 aromatic carbocycles. The number of halogens is 4. The van der Waals surface area contributed by atoms with Crippen LogP contribution in [-0.2, 0) is 38.8 Å². The van der Waals surface area contributed by atoms with Crippen molar-refractivity contribution in [1.29, 1.82) is 0 Å². The molecular formula is C30H41F4N5O4. The molecule has 0 bridgehead atoms. The van der Waals surface area contributed by atoms with Gasteiger partial charge in [-0.05, 0) is 75.3 Å². The number of carbonyl (C=O) groups is 2. The summed E-state index contributed by atoms with van der Waals surface area (Å²) in [5.74, 6) is -1.26. The Bertz CT molecular complexity index is 1220. The molecule has 1 aliphatic carbocycles. The number of hydrogen-bond acceptors (Lipinski definition) is 7. The highest BCUT2D eigenvalue weighted by Crippen LogP contribution is 2.51. The summed E-state index contributed by atoms with van der Waals surface area (Å²) in [6.45, 7) is 2.28. The summed E-state index contributed by atoms with van der Waals surface area (Å²) >= 11 is 0. The maximum atomic E-state index is 13.6. The molecule has 1 aliphatic rings. The van der Waals surface area contributed by atoms with Gasteiger partial charge in [0.15, 0.2) is 0 Å². The van der Waals surface area contributed by atoms with Crippen LogP contribution in [0, 0.1) is 0 Å². The van der Waals surface area contributed by atoms with Crippen molar-refractivity contribution >= 4 is 17.7 Å². The third-order valence-corrected chi connectivity index (χ3v) is 7.87. The van der Waals surface area contributed by atoms with Crippen LogP contribution in [0.4, 0.5) is 23.4 Å². The number of nitrogens with one attached hydrogen (secondary N) is 2. The number of unbranched alkanes of at least 4 members (excludes halogenated alkanes) is 1. The van der Waals surface area contributed by atoms with E-state index in [-0.39, 0.29) is 32.4 Å². The molecule has 0 spiro atoms. The van der Waals surface area contributed by atoms with Crippen molar-refractivity contribution < 1.29 is 37.0 Å². The Balaban J connectivity index is 1.63. The Morgan fingerprint density at radius 3 is 2.51 bits per heavy atom. The molecule has 1 fully saturated rings. The normalized spacial score (nSPS) is 15.6. The molecule has 3 rings (SSSR count). The Hall–Kier alpha value is -3.32. The number of nitrogens with zero attached hydrogens (tertiary/aromatic N) is 3. The van der Waals surface area contributed by atoms with E-state index >= 15 is 0 Å². The minimum absolute atomic E-state index is 0.0280. The van der Waals surface area contributed by atoms with E-state index in [1.54, 1.807) is 0 Å². The van der Waals surface area contributed by atoms with E-state index in [0.717, 1.165) is 54.9 Å². The molecule has 2 aromatic heterocycles. The minimum atomic E-state index is -4.70. The lowest BCUT2D eigenvalue weighted by Gasteiger charge is -2.27. The van der Waals surface area contributed by atoms with E-state index in [0.29, 0.717) is 6.54 Å². The Labute approximate surface area is 249 Å². The molecule has 0 aliphatic heterocycles. The zero-order valence-electron chi connectivity index (χ0n) is 24.8. The third kappa shape index (κ3) is 9.09. The van der Waals surface area contributed by atoms with Crippen LogP contribution in [0.3, 0.4) is 0 Å². The standard InChI is InChI=1S/C30H41F4N5O4/c1-4-20-10-11-21(37-26(20)35-2)8-5-6-16-39(19-22(18-31)43-3)17-12-24(27(40)41)38-28(42)29(13-14-29)25-23(30(32,33)34)9-7-15-36-25/h7,9-11,15,22,24H,4-6,8,12-14,16-19H2,1-3H3,(H,35,37)(H,38,42)(H,40,41). The van der Waals surface area contributed by atoms with Crippen LogP contribution < -0.4 is 10.6 Å². The fourth-order valence-electron chi connectivity index (χ4n) is 5.16. The van der Waals surface area contributed by atoms with Crippen LogP contribution in [0.1, 0.15) is 61.5 Å². The summed E-state index contributed by atoms with van der Waals surface area (Å²) in [5, 5.41) is 15.4. The lowest BCUT2D eigenvalue weighted by molar-refractivity contribution is -0.143. The summed E-state index contributed by atoms with van der Waals surface area (Å²) in [4.78, 5) is 35.7. The van der Waals surface area contributed by atoms with Gasteiger partial charge in [-0.25, -0.2) is 14.2 Å². The molecule has 238 valence electrons. The van der Waals surface area contributed by atoms with Crippen LogP contribution in [-0.4, -0.2) is 84.5 Å². The molecule has 13 heteroatoms. The molecule has 0 radical (unpaired) electrons. The van der Waals surface area contributed by atoms with Gasteiger partial charge in [0.1, 0.15) is 18.5 Å². The minimum Gasteiger partial charge on any atom is -0.480 e. The van der Waals surface area contributed by atoms with Crippen molar-refractivity contribution in [3.63, 3.8) is 0 Å². The smallest absolute Gasteiger partial charge is 0.418 e. The van der Waals surface area contributed by atoms with Gasteiger partial charge >= 0.3 is 12.1 Å². The van der Waals surface area contributed by atoms with Gasteiger partial charge in [-0.1, -0.05) is 13.0 Å². The quantitative estimate of drug-likeness (QED) is 0.168. The molecule has 2 atom stereocenters. The number of pyridine rings is 2. The van der Waals surface area contributed by atoms with Gasteiger partial charge in [-0.15, -0.1) is 0 Å². The molecular weight excluding hydrogens is 570 g/mol. The average molecular weight is 612 g/mol. The van der Waals surface area contributed by atoms with Crippen LogP contribution in [0.25, 0.3) is 0 Å². The number of aryl methyl sites for hydroxylation is 2. The van der Waals surface area contributed by atoms with E-state index in [2.05, 4.69) is 33.6 Å². The molecule has 2 unspecified atom stereocenters. The molecule has 1 saturated carbocycles. The SMILES string of the molecule is CCc1ccc(CCCCN(CCC(NC(=O)C2(c3ncccc3C(F)(F)F)CC2)C(=O)O)CC(CF)OC)nc1NC. The summed E-state index contributed by atoms with van der Waals surface area (Å²) in [6, 6.07) is 4.72. The van der Waals surface area contributed by atoms with Gasteiger partial charge in [0.25, 0.3) is 0 Å². The second-order valence-corrected chi connectivity index (χ2v) is 10.8. The van der Waals surface area contributed by atoms with Crippen LogP contribution in [0.5, 0.6) is 0 Å². The Kier molecular flexibility index (Phi) is 12.3. The summed E-state index contributed by atoms with van der Waals surface area (Å²) in [6.07, 6.45) is -0.872. The van der Waals surface area contributed by atoms with Gasteiger partial charge < -0.3 is 25.4 Å². The summed E-state index contributed by atoms with van der Waals surface area (Å²) in [5.41, 5.74) is -0.849. The number of alkyl halides is 4. The number of methoxy groups -OCH3 is 1. The van der Waals surface area contributed by atoms with Crippen LogP contribution in [0.15, 0.2) is 30.5 Å². The molecule has 9 nitrogen and oxygen atoms in total.